The van der Waals surface area contributed by atoms with Gasteiger partial charge < -0.3 is 8.85 Å². The van der Waals surface area contributed by atoms with Crippen LogP contribution in [0.5, 0.6) is 0 Å². The van der Waals surface area contributed by atoms with Crippen LogP contribution in [-0.2, 0) is 15.3 Å². The van der Waals surface area contributed by atoms with Crippen molar-refractivity contribution in [3.8, 4) is 0 Å². The van der Waals surface area contributed by atoms with E-state index in [-0.39, 0.29) is 5.54 Å². The molecule has 16 heavy (non-hydrogen) atoms. The van der Waals surface area contributed by atoms with Crippen molar-refractivity contribution in [3.63, 3.8) is 0 Å². The van der Waals surface area contributed by atoms with Gasteiger partial charge in [-0.25, -0.2) is 0 Å². The molecule has 1 atom stereocenters. The fourth-order valence-corrected chi connectivity index (χ4v) is 4.37. The molecule has 1 aromatic rings. The lowest BCUT2D eigenvalue weighted by Gasteiger charge is -2.30. The second-order valence-corrected chi connectivity index (χ2v) is 7.94. The van der Waals surface area contributed by atoms with E-state index in [0.717, 1.165) is 6.42 Å². The molecule has 0 spiro atoms. The third-order valence-corrected chi connectivity index (χ3v) is 7.21. The summed E-state index contributed by atoms with van der Waals surface area (Å²) in [5, 5.41) is 0. The largest absolute Gasteiger partial charge is 0.398 e. The Hall–Kier alpha value is -0.353. The van der Waals surface area contributed by atoms with Crippen LogP contribution in [0.1, 0.15) is 5.56 Å². The van der Waals surface area contributed by atoms with Crippen LogP contribution in [0.15, 0.2) is 30.3 Å². The maximum absolute atomic E-state index is 6.03. The second kappa shape index (κ2) is 6.40. The van der Waals surface area contributed by atoms with Gasteiger partial charge in [-0.05, 0) is 18.5 Å². The standard InChI is InChI=1S/C12H19ClO2Si/c1-14-16(3,15-2)12(10-13)9-11-7-5-4-6-8-11/h4-8,12H,9-10H2,1-3H3. The number of halogens is 1. The van der Waals surface area contributed by atoms with Gasteiger partial charge in [-0.3, -0.25) is 0 Å². The molecule has 0 saturated carbocycles. The first kappa shape index (κ1) is 13.7. The van der Waals surface area contributed by atoms with Crippen LogP contribution in [0.2, 0.25) is 12.1 Å². The Labute approximate surface area is 104 Å². The molecule has 90 valence electrons. The molecule has 0 N–H and O–H groups in total. The summed E-state index contributed by atoms with van der Waals surface area (Å²) in [7, 11) is 1.28. The van der Waals surface area contributed by atoms with E-state index in [1.807, 2.05) is 18.2 Å². The lowest BCUT2D eigenvalue weighted by molar-refractivity contribution is 0.238. The Morgan fingerprint density at radius 1 is 1.19 bits per heavy atom. The highest BCUT2D eigenvalue weighted by Gasteiger charge is 2.38. The minimum Gasteiger partial charge on any atom is -0.398 e. The first-order chi connectivity index (χ1) is 7.66. The molecule has 0 aliphatic heterocycles. The summed E-state index contributed by atoms with van der Waals surface area (Å²) in [6.07, 6.45) is 0.911. The molecular formula is C12H19ClO2Si. The van der Waals surface area contributed by atoms with E-state index < -0.39 is 8.56 Å². The molecule has 0 aliphatic rings. The van der Waals surface area contributed by atoms with Crippen LogP contribution in [0.3, 0.4) is 0 Å². The number of alkyl halides is 1. The van der Waals surface area contributed by atoms with Crippen molar-refractivity contribution in [2.75, 3.05) is 20.1 Å². The third kappa shape index (κ3) is 3.32. The molecule has 0 radical (unpaired) electrons. The molecule has 0 saturated heterocycles. The number of benzene rings is 1. The van der Waals surface area contributed by atoms with Crippen molar-refractivity contribution in [2.45, 2.75) is 18.5 Å². The van der Waals surface area contributed by atoms with Crippen LogP contribution in [0, 0.1) is 0 Å². The highest BCUT2D eigenvalue weighted by molar-refractivity contribution is 6.68. The molecule has 1 unspecified atom stereocenters. The smallest absolute Gasteiger partial charge is 0.339 e. The van der Waals surface area contributed by atoms with Gasteiger partial charge in [-0.2, -0.15) is 0 Å². The second-order valence-electron chi connectivity index (χ2n) is 3.97. The first-order valence-corrected chi connectivity index (χ1v) is 8.29. The quantitative estimate of drug-likeness (QED) is 0.576. The minimum atomic E-state index is -2.14. The van der Waals surface area contributed by atoms with E-state index in [2.05, 4.69) is 18.7 Å². The van der Waals surface area contributed by atoms with Gasteiger partial charge in [0.15, 0.2) is 0 Å². The van der Waals surface area contributed by atoms with Gasteiger partial charge in [-0.15, -0.1) is 11.6 Å². The highest BCUT2D eigenvalue weighted by atomic mass is 35.5. The molecular weight excluding hydrogens is 240 g/mol. The Balaban J connectivity index is 2.76. The van der Waals surface area contributed by atoms with E-state index in [9.17, 15) is 0 Å². The normalized spacial score (nSPS) is 13.8. The van der Waals surface area contributed by atoms with Crippen molar-refractivity contribution in [3.05, 3.63) is 35.9 Å². The van der Waals surface area contributed by atoms with Crippen LogP contribution in [0.25, 0.3) is 0 Å². The zero-order valence-electron chi connectivity index (χ0n) is 10.1. The Morgan fingerprint density at radius 3 is 2.19 bits per heavy atom. The molecule has 0 fully saturated rings. The Bertz CT molecular complexity index is 301. The molecule has 1 rings (SSSR count). The van der Waals surface area contributed by atoms with Crippen molar-refractivity contribution < 1.29 is 8.85 Å². The molecule has 0 heterocycles. The molecule has 0 bridgehead atoms. The van der Waals surface area contributed by atoms with Crippen molar-refractivity contribution in [2.24, 2.45) is 0 Å². The molecule has 0 aliphatic carbocycles. The zero-order chi connectivity index (χ0) is 12.0. The van der Waals surface area contributed by atoms with Crippen molar-refractivity contribution in [1.29, 1.82) is 0 Å². The first-order valence-electron chi connectivity index (χ1n) is 5.36. The maximum Gasteiger partial charge on any atom is 0.339 e. The number of hydrogen-bond acceptors (Lipinski definition) is 2. The van der Waals surface area contributed by atoms with Crippen LogP contribution >= 0.6 is 11.6 Å². The summed E-state index contributed by atoms with van der Waals surface area (Å²) in [5.74, 6) is 0.569. The summed E-state index contributed by atoms with van der Waals surface area (Å²) in [6, 6.07) is 10.3. The van der Waals surface area contributed by atoms with E-state index in [0.29, 0.717) is 5.88 Å². The zero-order valence-corrected chi connectivity index (χ0v) is 11.8. The van der Waals surface area contributed by atoms with Gasteiger partial charge >= 0.3 is 8.56 Å². The van der Waals surface area contributed by atoms with Gasteiger partial charge in [-0.1, -0.05) is 30.3 Å². The lowest BCUT2D eigenvalue weighted by Crippen LogP contribution is -2.43. The Morgan fingerprint density at radius 2 is 1.75 bits per heavy atom. The summed E-state index contributed by atoms with van der Waals surface area (Å²) in [5.41, 5.74) is 1.55. The molecule has 4 heteroatoms. The molecule has 0 aromatic heterocycles. The predicted molar refractivity (Wildman–Crippen MR) is 70.3 cm³/mol. The average Bonchev–Trinajstić information content (AvgIpc) is 2.36. The summed E-state index contributed by atoms with van der Waals surface area (Å²) < 4.78 is 11.1. The molecule has 2 nitrogen and oxygen atoms in total. The van der Waals surface area contributed by atoms with Crippen molar-refractivity contribution >= 4 is 20.2 Å². The van der Waals surface area contributed by atoms with Gasteiger partial charge in [0.05, 0.1) is 0 Å². The maximum atomic E-state index is 6.03. The van der Waals surface area contributed by atoms with Gasteiger partial charge in [0.25, 0.3) is 0 Å². The predicted octanol–water partition coefficient (Wildman–Crippen LogP) is 3.20. The SMILES string of the molecule is CO[Si](C)(OC)C(CCl)Cc1ccccc1. The van der Waals surface area contributed by atoms with Gasteiger partial charge in [0.2, 0.25) is 0 Å². The van der Waals surface area contributed by atoms with Crippen molar-refractivity contribution in [1.82, 2.24) is 0 Å². The molecule has 0 amide bonds. The van der Waals surface area contributed by atoms with E-state index in [1.165, 1.54) is 5.56 Å². The minimum absolute atomic E-state index is 0.270. The lowest BCUT2D eigenvalue weighted by atomic mass is 10.1. The van der Waals surface area contributed by atoms with Gasteiger partial charge in [0, 0.05) is 25.6 Å². The monoisotopic (exact) mass is 258 g/mol. The summed E-state index contributed by atoms with van der Waals surface area (Å²) in [6.45, 7) is 2.06. The van der Waals surface area contributed by atoms with Crippen LogP contribution < -0.4 is 0 Å². The fourth-order valence-electron chi connectivity index (χ4n) is 1.70. The topological polar surface area (TPSA) is 18.5 Å². The van der Waals surface area contributed by atoms with E-state index in [4.69, 9.17) is 20.5 Å². The third-order valence-electron chi connectivity index (χ3n) is 3.06. The highest BCUT2D eigenvalue weighted by Crippen LogP contribution is 2.28. The molecule has 1 aromatic carbocycles. The van der Waals surface area contributed by atoms with Crippen LogP contribution in [-0.4, -0.2) is 28.7 Å². The van der Waals surface area contributed by atoms with E-state index in [1.54, 1.807) is 14.2 Å². The Kier molecular flexibility index (Phi) is 5.48. The van der Waals surface area contributed by atoms with E-state index >= 15 is 0 Å². The van der Waals surface area contributed by atoms with Gasteiger partial charge in [0.1, 0.15) is 0 Å². The summed E-state index contributed by atoms with van der Waals surface area (Å²) >= 11 is 6.03. The number of hydrogen-bond donors (Lipinski definition) is 0. The van der Waals surface area contributed by atoms with Crippen LogP contribution in [0.4, 0.5) is 0 Å². The average molecular weight is 259 g/mol. The fraction of sp³-hybridized carbons (Fsp3) is 0.500. The number of rotatable bonds is 6. The summed E-state index contributed by atoms with van der Waals surface area (Å²) in [4.78, 5) is 0.